The number of nitriles is 1. The summed E-state index contributed by atoms with van der Waals surface area (Å²) in [7, 11) is 0. The number of Topliss-reactive ketones (excluding diaryl/α,β-unsaturated/α-hetero) is 1. The van der Waals surface area contributed by atoms with E-state index in [2.05, 4.69) is 6.07 Å². The SMILES string of the molecule is N#Cc1ccccc1C(CC=O)C(=O)C1CCCCC1. The summed E-state index contributed by atoms with van der Waals surface area (Å²) < 4.78 is 0. The molecule has 1 aliphatic carbocycles. The highest BCUT2D eigenvalue weighted by Gasteiger charge is 2.30. The molecule has 0 radical (unpaired) electrons. The molecule has 20 heavy (non-hydrogen) atoms. The van der Waals surface area contributed by atoms with Crippen molar-refractivity contribution in [3.8, 4) is 6.07 Å². The molecular weight excluding hydrogens is 250 g/mol. The first-order chi connectivity index (χ1) is 9.77. The standard InChI is InChI=1S/C17H19NO2/c18-12-14-8-4-5-9-15(14)16(10-11-19)17(20)13-6-2-1-3-7-13/h4-5,8-9,11,13,16H,1-3,6-7,10H2. The number of carbonyl (C=O) groups is 2. The molecule has 3 heteroatoms. The maximum absolute atomic E-state index is 12.7. The Labute approximate surface area is 119 Å². The largest absolute Gasteiger partial charge is 0.303 e. The van der Waals surface area contributed by atoms with E-state index in [0.717, 1.165) is 32.0 Å². The van der Waals surface area contributed by atoms with E-state index >= 15 is 0 Å². The molecule has 0 N–H and O–H groups in total. The minimum Gasteiger partial charge on any atom is -0.303 e. The minimum atomic E-state index is -0.452. The fourth-order valence-electron chi connectivity index (χ4n) is 3.07. The normalized spacial score (nSPS) is 17.1. The van der Waals surface area contributed by atoms with Crippen molar-refractivity contribution in [2.75, 3.05) is 0 Å². The quantitative estimate of drug-likeness (QED) is 0.770. The van der Waals surface area contributed by atoms with Crippen molar-refractivity contribution < 1.29 is 9.59 Å². The Bertz CT molecular complexity index is 524. The van der Waals surface area contributed by atoms with Gasteiger partial charge in [0.1, 0.15) is 12.1 Å². The van der Waals surface area contributed by atoms with Crippen LogP contribution < -0.4 is 0 Å². The van der Waals surface area contributed by atoms with Gasteiger partial charge < -0.3 is 4.79 Å². The van der Waals surface area contributed by atoms with E-state index in [1.54, 1.807) is 18.2 Å². The van der Waals surface area contributed by atoms with Crippen molar-refractivity contribution in [3.63, 3.8) is 0 Å². The average Bonchev–Trinajstić information content (AvgIpc) is 2.53. The summed E-state index contributed by atoms with van der Waals surface area (Å²) in [6.07, 6.45) is 6.17. The summed E-state index contributed by atoms with van der Waals surface area (Å²) in [5, 5.41) is 9.18. The number of nitrogens with zero attached hydrogens (tertiary/aromatic N) is 1. The van der Waals surface area contributed by atoms with E-state index in [9.17, 15) is 14.9 Å². The Hall–Kier alpha value is -1.95. The third kappa shape index (κ3) is 3.14. The number of carbonyl (C=O) groups excluding carboxylic acids is 2. The van der Waals surface area contributed by atoms with Gasteiger partial charge in [-0.2, -0.15) is 5.26 Å². The Morgan fingerprint density at radius 2 is 2.00 bits per heavy atom. The zero-order valence-corrected chi connectivity index (χ0v) is 11.5. The maximum Gasteiger partial charge on any atom is 0.143 e. The highest BCUT2D eigenvalue weighted by Crippen LogP contribution is 2.32. The lowest BCUT2D eigenvalue weighted by Gasteiger charge is -2.25. The summed E-state index contributed by atoms with van der Waals surface area (Å²) >= 11 is 0. The summed E-state index contributed by atoms with van der Waals surface area (Å²) in [5.74, 6) is -0.258. The lowest BCUT2D eigenvalue weighted by Crippen LogP contribution is -2.25. The van der Waals surface area contributed by atoms with Gasteiger partial charge in [-0.1, -0.05) is 37.5 Å². The zero-order chi connectivity index (χ0) is 14.4. The highest BCUT2D eigenvalue weighted by molar-refractivity contribution is 5.90. The van der Waals surface area contributed by atoms with Crippen LogP contribution in [0.15, 0.2) is 24.3 Å². The number of rotatable bonds is 5. The van der Waals surface area contributed by atoms with Crippen LogP contribution in [0.4, 0.5) is 0 Å². The number of hydrogen-bond acceptors (Lipinski definition) is 3. The van der Waals surface area contributed by atoms with Crippen molar-refractivity contribution in [3.05, 3.63) is 35.4 Å². The predicted molar refractivity (Wildman–Crippen MR) is 76.2 cm³/mol. The second kappa shape index (κ2) is 7.00. The molecule has 0 heterocycles. The summed E-state index contributed by atoms with van der Waals surface area (Å²) in [6.45, 7) is 0. The van der Waals surface area contributed by atoms with E-state index in [-0.39, 0.29) is 18.1 Å². The van der Waals surface area contributed by atoms with Crippen LogP contribution in [-0.4, -0.2) is 12.1 Å². The number of benzene rings is 1. The minimum absolute atomic E-state index is 0.0560. The second-order valence-electron chi connectivity index (χ2n) is 5.39. The van der Waals surface area contributed by atoms with Crippen molar-refractivity contribution in [1.82, 2.24) is 0 Å². The molecule has 1 aromatic rings. The van der Waals surface area contributed by atoms with Crippen LogP contribution in [-0.2, 0) is 9.59 Å². The van der Waals surface area contributed by atoms with E-state index < -0.39 is 5.92 Å². The van der Waals surface area contributed by atoms with E-state index in [4.69, 9.17) is 0 Å². The fourth-order valence-corrected chi connectivity index (χ4v) is 3.07. The van der Waals surface area contributed by atoms with Gasteiger partial charge in [0.25, 0.3) is 0 Å². The third-order valence-corrected chi connectivity index (χ3v) is 4.14. The van der Waals surface area contributed by atoms with Gasteiger partial charge in [0.05, 0.1) is 17.6 Å². The van der Waals surface area contributed by atoms with Crippen LogP contribution in [0, 0.1) is 17.2 Å². The molecule has 2 rings (SSSR count). The Morgan fingerprint density at radius 3 is 2.65 bits per heavy atom. The number of hydrogen-bond donors (Lipinski definition) is 0. The monoisotopic (exact) mass is 269 g/mol. The second-order valence-corrected chi connectivity index (χ2v) is 5.39. The van der Waals surface area contributed by atoms with Gasteiger partial charge >= 0.3 is 0 Å². The van der Waals surface area contributed by atoms with Crippen LogP contribution in [0.1, 0.15) is 55.6 Å². The molecule has 1 saturated carbocycles. The lowest BCUT2D eigenvalue weighted by molar-refractivity contribution is -0.126. The van der Waals surface area contributed by atoms with Crippen LogP contribution in [0.25, 0.3) is 0 Å². The molecule has 1 fully saturated rings. The zero-order valence-electron chi connectivity index (χ0n) is 11.5. The fraction of sp³-hybridized carbons (Fsp3) is 0.471. The van der Waals surface area contributed by atoms with Crippen LogP contribution in [0.2, 0.25) is 0 Å². The van der Waals surface area contributed by atoms with Gasteiger partial charge in [-0.3, -0.25) is 4.79 Å². The number of ketones is 1. The maximum atomic E-state index is 12.7. The summed E-state index contributed by atoms with van der Waals surface area (Å²) in [4.78, 5) is 23.6. The molecule has 3 nitrogen and oxygen atoms in total. The van der Waals surface area contributed by atoms with Crippen molar-refractivity contribution in [2.45, 2.75) is 44.4 Å². The first-order valence-electron chi connectivity index (χ1n) is 7.24. The lowest BCUT2D eigenvalue weighted by atomic mass is 9.77. The van der Waals surface area contributed by atoms with Crippen LogP contribution in [0.5, 0.6) is 0 Å². The summed E-state index contributed by atoms with van der Waals surface area (Å²) in [6, 6.07) is 9.24. The van der Waals surface area contributed by atoms with Crippen molar-refractivity contribution in [2.24, 2.45) is 5.92 Å². The first-order valence-corrected chi connectivity index (χ1v) is 7.24. The molecule has 1 unspecified atom stereocenters. The molecule has 0 amide bonds. The van der Waals surface area contributed by atoms with E-state index in [0.29, 0.717) is 11.1 Å². The summed E-state index contributed by atoms with van der Waals surface area (Å²) in [5.41, 5.74) is 1.21. The van der Waals surface area contributed by atoms with Gasteiger partial charge in [-0.25, -0.2) is 0 Å². The van der Waals surface area contributed by atoms with Crippen LogP contribution in [0.3, 0.4) is 0 Å². The molecule has 0 spiro atoms. The van der Waals surface area contributed by atoms with Crippen molar-refractivity contribution in [1.29, 1.82) is 5.26 Å². The molecule has 0 saturated heterocycles. The number of aldehydes is 1. The van der Waals surface area contributed by atoms with E-state index in [1.165, 1.54) is 6.42 Å². The first kappa shape index (κ1) is 14.5. The molecule has 1 aliphatic rings. The predicted octanol–water partition coefficient (Wildman–Crippen LogP) is 3.38. The van der Waals surface area contributed by atoms with Crippen molar-refractivity contribution >= 4 is 12.1 Å². The van der Waals surface area contributed by atoms with Gasteiger partial charge in [-0.15, -0.1) is 0 Å². The molecule has 1 atom stereocenters. The topological polar surface area (TPSA) is 57.9 Å². The van der Waals surface area contributed by atoms with Crippen LogP contribution >= 0.6 is 0 Å². The Kier molecular flexibility index (Phi) is 5.06. The Morgan fingerprint density at radius 1 is 1.30 bits per heavy atom. The van der Waals surface area contributed by atoms with Gasteiger partial charge in [0.15, 0.2) is 0 Å². The molecule has 0 bridgehead atoms. The van der Waals surface area contributed by atoms with Gasteiger partial charge in [-0.05, 0) is 24.5 Å². The average molecular weight is 269 g/mol. The van der Waals surface area contributed by atoms with Gasteiger partial charge in [0, 0.05) is 12.3 Å². The molecule has 0 aromatic heterocycles. The van der Waals surface area contributed by atoms with E-state index in [1.807, 2.05) is 6.07 Å². The molecule has 0 aliphatic heterocycles. The smallest absolute Gasteiger partial charge is 0.143 e. The highest BCUT2D eigenvalue weighted by atomic mass is 16.1. The Balaban J connectivity index is 2.28. The molecule has 104 valence electrons. The molecule has 1 aromatic carbocycles. The van der Waals surface area contributed by atoms with Gasteiger partial charge in [0.2, 0.25) is 0 Å². The molecular formula is C17H19NO2. The third-order valence-electron chi connectivity index (χ3n) is 4.14.